The van der Waals surface area contributed by atoms with E-state index in [0.717, 1.165) is 31.5 Å². The molecule has 0 amide bonds. The molecule has 3 nitrogen and oxygen atoms in total. The highest BCUT2D eigenvalue weighted by atomic mass is 32.1. The van der Waals surface area contributed by atoms with Gasteiger partial charge in [0.05, 0.1) is 5.60 Å². The molecule has 3 rings (SSSR count). The molecule has 0 unspecified atom stereocenters. The summed E-state index contributed by atoms with van der Waals surface area (Å²) in [4.78, 5) is 2.44. The van der Waals surface area contributed by atoms with E-state index in [1.807, 2.05) is 23.8 Å². The van der Waals surface area contributed by atoms with E-state index in [9.17, 15) is 5.11 Å². The third kappa shape index (κ3) is 3.69. The molecular weight excluding hydrogens is 292 g/mol. The van der Waals surface area contributed by atoms with Crippen LogP contribution in [0.25, 0.3) is 0 Å². The van der Waals surface area contributed by atoms with Crippen molar-refractivity contribution in [3.05, 3.63) is 52.7 Å². The van der Waals surface area contributed by atoms with Crippen LogP contribution in [0.3, 0.4) is 0 Å². The Bertz CT molecular complexity index is 560. The molecule has 2 aromatic rings. The van der Waals surface area contributed by atoms with Gasteiger partial charge in [-0.05, 0) is 54.3 Å². The maximum absolute atomic E-state index is 10.6. The number of nitrogens with zero attached hydrogens (tertiary/aromatic N) is 1. The SMILES string of the molecule is C[C@@](O)(CNC1CCN(c2ccccc2)CC1)c1ccsc1. The average molecular weight is 316 g/mol. The number of nitrogens with one attached hydrogen (secondary N) is 1. The van der Waals surface area contributed by atoms with Gasteiger partial charge in [-0.15, -0.1) is 0 Å². The third-order valence-electron chi connectivity index (χ3n) is 4.49. The average Bonchev–Trinajstić information content (AvgIpc) is 3.10. The molecule has 1 aliphatic heterocycles. The molecule has 22 heavy (non-hydrogen) atoms. The van der Waals surface area contributed by atoms with Gasteiger partial charge in [0.2, 0.25) is 0 Å². The van der Waals surface area contributed by atoms with Crippen LogP contribution in [0.15, 0.2) is 47.2 Å². The summed E-state index contributed by atoms with van der Waals surface area (Å²) < 4.78 is 0. The van der Waals surface area contributed by atoms with Crippen LogP contribution in [0.2, 0.25) is 0 Å². The molecule has 0 spiro atoms. The predicted molar refractivity (Wildman–Crippen MR) is 93.6 cm³/mol. The highest BCUT2D eigenvalue weighted by Crippen LogP contribution is 2.24. The number of thiophene rings is 1. The molecule has 0 saturated carbocycles. The molecule has 4 heteroatoms. The smallest absolute Gasteiger partial charge is 0.1000 e. The third-order valence-corrected chi connectivity index (χ3v) is 5.18. The monoisotopic (exact) mass is 316 g/mol. The standard InChI is InChI=1S/C18H24N2OS/c1-18(21,15-9-12-22-13-15)14-19-16-7-10-20(11-8-16)17-5-3-2-4-6-17/h2-6,9,12-13,16,19,21H,7-8,10-11,14H2,1H3/t18-/m1/s1. The minimum absolute atomic E-state index is 0.491. The molecule has 1 aromatic heterocycles. The van der Waals surface area contributed by atoms with Crippen molar-refractivity contribution in [1.82, 2.24) is 5.32 Å². The van der Waals surface area contributed by atoms with E-state index in [1.54, 1.807) is 11.3 Å². The minimum atomic E-state index is -0.781. The van der Waals surface area contributed by atoms with Gasteiger partial charge in [-0.1, -0.05) is 18.2 Å². The normalized spacial score (nSPS) is 19.1. The highest BCUT2D eigenvalue weighted by molar-refractivity contribution is 7.08. The van der Waals surface area contributed by atoms with Crippen molar-refractivity contribution in [3.63, 3.8) is 0 Å². The van der Waals surface area contributed by atoms with Crippen LogP contribution in [0.4, 0.5) is 5.69 Å². The maximum atomic E-state index is 10.6. The number of piperidine rings is 1. The van der Waals surface area contributed by atoms with Crippen molar-refractivity contribution in [2.24, 2.45) is 0 Å². The van der Waals surface area contributed by atoms with E-state index in [0.29, 0.717) is 12.6 Å². The van der Waals surface area contributed by atoms with Crippen molar-refractivity contribution in [2.75, 3.05) is 24.5 Å². The Hall–Kier alpha value is -1.36. The lowest BCUT2D eigenvalue weighted by Crippen LogP contribution is -2.46. The second kappa shape index (κ2) is 6.82. The van der Waals surface area contributed by atoms with Crippen molar-refractivity contribution in [3.8, 4) is 0 Å². The summed E-state index contributed by atoms with van der Waals surface area (Å²) >= 11 is 1.63. The Morgan fingerprint density at radius 3 is 2.59 bits per heavy atom. The fourth-order valence-electron chi connectivity index (χ4n) is 3.00. The lowest BCUT2D eigenvalue weighted by atomic mass is 9.97. The summed E-state index contributed by atoms with van der Waals surface area (Å²) in [7, 11) is 0. The Balaban J connectivity index is 1.48. The van der Waals surface area contributed by atoms with Crippen LogP contribution in [0, 0.1) is 0 Å². The van der Waals surface area contributed by atoms with E-state index in [-0.39, 0.29) is 0 Å². The van der Waals surface area contributed by atoms with Gasteiger partial charge >= 0.3 is 0 Å². The van der Waals surface area contributed by atoms with Gasteiger partial charge in [-0.25, -0.2) is 0 Å². The Kier molecular flexibility index (Phi) is 4.81. The molecule has 1 aromatic carbocycles. The van der Waals surface area contributed by atoms with Crippen molar-refractivity contribution in [2.45, 2.75) is 31.4 Å². The van der Waals surface area contributed by atoms with Gasteiger partial charge in [0.15, 0.2) is 0 Å². The summed E-state index contributed by atoms with van der Waals surface area (Å²) in [6.07, 6.45) is 2.24. The zero-order chi connectivity index (χ0) is 15.4. The van der Waals surface area contributed by atoms with Crippen molar-refractivity contribution >= 4 is 17.0 Å². The van der Waals surface area contributed by atoms with E-state index in [2.05, 4.69) is 40.5 Å². The predicted octanol–water partition coefficient (Wildman–Crippen LogP) is 3.21. The number of rotatable bonds is 5. The van der Waals surface area contributed by atoms with Crippen LogP contribution in [0.1, 0.15) is 25.3 Å². The van der Waals surface area contributed by atoms with Gasteiger partial charge in [-0.2, -0.15) is 11.3 Å². The number of hydrogen-bond donors (Lipinski definition) is 2. The minimum Gasteiger partial charge on any atom is -0.384 e. The maximum Gasteiger partial charge on any atom is 0.1000 e. The quantitative estimate of drug-likeness (QED) is 0.889. The molecule has 0 bridgehead atoms. The lowest BCUT2D eigenvalue weighted by molar-refractivity contribution is 0.0532. The molecule has 1 saturated heterocycles. The van der Waals surface area contributed by atoms with Crippen LogP contribution >= 0.6 is 11.3 Å². The number of anilines is 1. The first-order valence-corrected chi connectivity index (χ1v) is 8.88. The van der Waals surface area contributed by atoms with Gasteiger partial charge < -0.3 is 15.3 Å². The van der Waals surface area contributed by atoms with Crippen LogP contribution < -0.4 is 10.2 Å². The van der Waals surface area contributed by atoms with E-state index in [4.69, 9.17) is 0 Å². The topological polar surface area (TPSA) is 35.5 Å². The van der Waals surface area contributed by atoms with Crippen molar-refractivity contribution < 1.29 is 5.11 Å². The van der Waals surface area contributed by atoms with Crippen LogP contribution in [-0.2, 0) is 5.60 Å². The van der Waals surface area contributed by atoms with E-state index in [1.165, 1.54) is 5.69 Å². The molecule has 1 atom stereocenters. The number of benzene rings is 1. The number of hydrogen-bond acceptors (Lipinski definition) is 4. The summed E-state index contributed by atoms with van der Waals surface area (Å²) in [5.74, 6) is 0. The van der Waals surface area contributed by atoms with E-state index >= 15 is 0 Å². The van der Waals surface area contributed by atoms with Crippen molar-refractivity contribution in [1.29, 1.82) is 0 Å². The first kappa shape index (κ1) is 15.5. The fraction of sp³-hybridized carbons (Fsp3) is 0.444. The fourth-order valence-corrected chi connectivity index (χ4v) is 3.78. The molecule has 0 radical (unpaired) electrons. The number of para-hydroxylation sites is 1. The highest BCUT2D eigenvalue weighted by Gasteiger charge is 2.26. The molecule has 2 N–H and O–H groups in total. The summed E-state index contributed by atoms with van der Waals surface area (Å²) in [5.41, 5.74) is 1.54. The van der Waals surface area contributed by atoms with Crippen LogP contribution in [0.5, 0.6) is 0 Å². The zero-order valence-electron chi connectivity index (χ0n) is 13.0. The van der Waals surface area contributed by atoms with E-state index < -0.39 is 5.60 Å². The Morgan fingerprint density at radius 1 is 1.23 bits per heavy atom. The second-order valence-electron chi connectivity index (χ2n) is 6.26. The molecular formula is C18H24N2OS. The molecule has 118 valence electrons. The largest absolute Gasteiger partial charge is 0.384 e. The van der Waals surface area contributed by atoms with Gasteiger partial charge in [0, 0.05) is 31.4 Å². The van der Waals surface area contributed by atoms with Gasteiger partial charge in [0.25, 0.3) is 0 Å². The zero-order valence-corrected chi connectivity index (χ0v) is 13.9. The molecule has 2 heterocycles. The lowest BCUT2D eigenvalue weighted by Gasteiger charge is -2.35. The summed E-state index contributed by atoms with van der Waals surface area (Å²) in [5, 5.41) is 18.2. The van der Waals surface area contributed by atoms with Crippen LogP contribution in [-0.4, -0.2) is 30.8 Å². The van der Waals surface area contributed by atoms with Gasteiger partial charge in [-0.3, -0.25) is 0 Å². The molecule has 1 aliphatic rings. The number of aliphatic hydroxyl groups is 1. The van der Waals surface area contributed by atoms with Gasteiger partial charge in [0.1, 0.15) is 0 Å². The summed E-state index contributed by atoms with van der Waals surface area (Å²) in [6.45, 7) is 4.64. The molecule has 0 aliphatic carbocycles. The molecule has 1 fully saturated rings. The Morgan fingerprint density at radius 2 is 1.95 bits per heavy atom. The summed E-state index contributed by atoms with van der Waals surface area (Å²) in [6, 6.07) is 13.1. The Labute approximate surface area is 136 Å². The first-order chi connectivity index (χ1) is 10.6. The second-order valence-corrected chi connectivity index (χ2v) is 7.04. The first-order valence-electron chi connectivity index (χ1n) is 7.93.